The first-order chi connectivity index (χ1) is 2.89. The van der Waals surface area contributed by atoms with E-state index in [9.17, 15) is 0 Å². The van der Waals surface area contributed by atoms with Crippen LogP contribution in [0.25, 0.3) is 0 Å². The monoisotopic (exact) mass is 102 g/mol. The van der Waals surface area contributed by atoms with E-state index in [1.54, 1.807) is 11.9 Å². The van der Waals surface area contributed by atoms with E-state index < -0.39 is 0 Å². The van der Waals surface area contributed by atoms with Gasteiger partial charge in [-0.2, -0.15) is 5.11 Å². The third-order valence-electron chi connectivity index (χ3n) is 0.618. The molecule has 0 saturated heterocycles. The first kappa shape index (κ1) is 4.12. The summed E-state index contributed by atoms with van der Waals surface area (Å²) in [6.45, 7) is 2.06. The molecule has 0 amide bonds. The topological polar surface area (TPSA) is 24.7 Å². The molecule has 0 aromatic rings. The van der Waals surface area contributed by atoms with E-state index in [1.165, 1.54) is 0 Å². The second kappa shape index (κ2) is 1.60. The fourth-order valence-corrected chi connectivity index (χ4v) is 0.865. The molecule has 0 radical (unpaired) electrons. The van der Waals surface area contributed by atoms with Gasteiger partial charge in [0.15, 0.2) is 0 Å². The van der Waals surface area contributed by atoms with E-state index in [2.05, 4.69) is 16.6 Å². The van der Waals surface area contributed by atoms with E-state index >= 15 is 0 Å². The zero-order valence-corrected chi connectivity index (χ0v) is 4.40. The van der Waals surface area contributed by atoms with Crippen LogP contribution in [0.15, 0.2) is 9.63 Å². The van der Waals surface area contributed by atoms with Crippen LogP contribution in [-0.4, -0.2) is 11.8 Å². The Hall–Kier alpha value is -0.0500. The van der Waals surface area contributed by atoms with Gasteiger partial charge in [-0.3, -0.25) is 0 Å². The Balaban J connectivity index is 2.38. The standard InChI is InChI=1S/C3H6N2S/c1-3-2-6-5-4-3/h3H,2H2,1H3/t3-/m1/s1. The van der Waals surface area contributed by atoms with Gasteiger partial charge in [-0.15, -0.1) is 4.52 Å². The number of rotatable bonds is 0. The van der Waals surface area contributed by atoms with Gasteiger partial charge >= 0.3 is 0 Å². The Morgan fingerprint density at radius 3 is 2.83 bits per heavy atom. The summed E-state index contributed by atoms with van der Waals surface area (Å²) in [6, 6.07) is 0.468. The zero-order chi connectivity index (χ0) is 4.41. The van der Waals surface area contributed by atoms with Crippen LogP contribution in [-0.2, 0) is 0 Å². The third-order valence-corrected chi connectivity index (χ3v) is 1.46. The van der Waals surface area contributed by atoms with Crippen molar-refractivity contribution in [2.75, 3.05) is 5.75 Å². The second-order valence-electron chi connectivity index (χ2n) is 1.34. The molecule has 0 aliphatic carbocycles. The molecule has 0 N–H and O–H groups in total. The Bertz CT molecular complexity index is 71.2. The average Bonchev–Trinajstić information content (AvgIpc) is 1.86. The second-order valence-corrected chi connectivity index (χ2v) is 2.10. The molecular formula is C3H6N2S. The number of hydrogen-bond acceptors (Lipinski definition) is 3. The van der Waals surface area contributed by atoms with Crippen molar-refractivity contribution in [3.8, 4) is 0 Å². The quantitative estimate of drug-likeness (QED) is 0.425. The summed E-state index contributed by atoms with van der Waals surface area (Å²) in [6.07, 6.45) is 0. The molecule has 1 aliphatic heterocycles. The molecule has 6 heavy (non-hydrogen) atoms. The van der Waals surface area contributed by atoms with Crippen LogP contribution in [0.1, 0.15) is 6.92 Å². The lowest BCUT2D eigenvalue weighted by Crippen LogP contribution is -1.92. The predicted molar refractivity (Wildman–Crippen MR) is 26.8 cm³/mol. The van der Waals surface area contributed by atoms with Gasteiger partial charge in [0.1, 0.15) is 0 Å². The number of hydrogen-bond donors (Lipinski definition) is 0. The molecule has 1 aliphatic rings. The van der Waals surface area contributed by atoms with E-state index in [1.807, 2.05) is 0 Å². The van der Waals surface area contributed by atoms with E-state index in [0.717, 1.165) is 5.75 Å². The van der Waals surface area contributed by atoms with Gasteiger partial charge in [0.05, 0.1) is 6.04 Å². The van der Waals surface area contributed by atoms with Crippen molar-refractivity contribution in [3.05, 3.63) is 0 Å². The molecule has 3 heteroatoms. The fourth-order valence-electron chi connectivity index (χ4n) is 0.288. The van der Waals surface area contributed by atoms with Crippen LogP contribution in [0, 0.1) is 0 Å². The van der Waals surface area contributed by atoms with Gasteiger partial charge in [0.2, 0.25) is 0 Å². The summed E-state index contributed by atoms with van der Waals surface area (Å²) in [5.41, 5.74) is 0. The molecule has 34 valence electrons. The van der Waals surface area contributed by atoms with Crippen molar-refractivity contribution in [1.29, 1.82) is 0 Å². The highest BCUT2D eigenvalue weighted by Crippen LogP contribution is 2.15. The zero-order valence-electron chi connectivity index (χ0n) is 3.59. The molecule has 0 saturated carbocycles. The van der Waals surface area contributed by atoms with Crippen LogP contribution >= 0.6 is 11.9 Å². The molecule has 0 bridgehead atoms. The Kier molecular flexibility index (Phi) is 1.10. The third kappa shape index (κ3) is 0.712. The highest BCUT2D eigenvalue weighted by atomic mass is 32.2. The maximum Gasteiger partial charge on any atom is 0.0799 e. The molecular weight excluding hydrogens is 96.1 g/mol. The average molecular weight is 102 g/mol. The van der Waals surface area contributed by atoms with Gasteiger partial charge in [0.25, 0.3) is 0 Å². The lowest BCUT2D eigenvalue weighted by Gasteiger charge is -1.83. The van der Waals surface area contributed by atoms with E-state index in [0.29, 0.717) is 6.04 Å². The van der Waals surface area contributed by atoms with Gasteiger partial charge in [-0.1, -0.05) is 0 Å². The normalized spacial score (nSPS) is 31.8. The van der Waals surface area contributed by atoms with Gasteiger partial charge in [0, 0.05) is 5.75 Å². The highest BCUT2D eigenvalue weighted by molar-refractivity contribution is 7.98. The molecule has 0 fully saturated rings. The molecule has 1 atom stereocenters. The smallest absolute Gasteiger partial charge is 0.0799 e. The highest BCUT2D eigenvalue weighted by Gasteiger charge is 2.03. The predicted octanol–water partition coefficient (Wildman–Crippen LogP) is 1.49. The lowest BCUT2D eigenvalue weighted by atomic mass is 10.4. The molecule has 2 nitrogen and oxygen atoms in total. The molecule has 0 aromatic carbocycles. The van der Waals surface area contributed by atoms with Gasteiger partial charge < -0.3 is 0 Å². The summed E-state index contributed by atoms with van der Waals surface area (Å²) >= 11 is 1.54. The largest absolute Gasteiger partial charge is 0.178 e. The van der Waals surface area contributed by atoms with Gasteiger partial charge in [-0.25, -0.2) is 0 Å². The minimum Gasteiger partial charge on any atom is -0.178 e. The summed E-state index contributed by atoms with van der Waals surface area (Å²) in [5.74, 6) is 1.07. The Morgan fingerprint density at radius 1 is 1.83 bits per heavy atom. The minimum absolute atomic E-state index is 0.468. The summed E-state index contributed by atoms with van der Waals surface area (Å²) < 4.78 is 3.71. The first-order valence-electron chi connectivity index (χ1n) is 1.92. The van der Waals surface area contributed by atoms with E-state index in [-0.39, 0.29) is 0 Å². The first-order valence-corrected chi connectivity index (χ1v) is 2.86. The summed E-state index contributed by atoms with van der Waals surface area (Å²) in [5, 5.41) is 3.82. The Morgan fingerprint density at radius 2 is 2.67 bits per heavy atom. The molecule has 1 heterocycles. The van der Waals surface area contributed by atoms with Crippen LogP contribution in [0.5, 0.6) is 0 Å². The SMILES string of the molecule is C[C@@H]1CSN=N1. The van der Waals surface area contributed by atoms with Crippen molar-refractivity contribution in [3.63, 3.8) is 0 Å². The maximum atomic E-state index is 3.82. The maximum absolute atomic E-state index is 3.82. The van der Waals surface area contributed by atoms with Crippen molar-refractivity contribution >= 4 is 11.9 Å². The molecule has 0 spiro atoms. The van der Waals surface area contributed by atoms with Crippen molar-refractivity contribution < 1.29 is 0 Å². The summed E-state index contributed by atoms with van der Waals surface area (Å²) in [7, 11) is 0. The molecule has 0 aromatic heterocycles. The van der Waals surface area contributed by atoms with Crippen LogP contribution in [0.4, 0.5) is 0 Å². The van der Waals surface area contributed by atoms with Crippen molar-refractivity contribution in [1.82, 2.24) is 0 Å². The van der Waals surface area contributed by atoms with E-state index in [4.69, 9.17) is 0 Å². The summed E-state index contributed by atoms with van der Waals surface area (Å²) in [4.78, 5) is 0. The fraction of sp³-hybridized carbons (Fsp3) is 1.00. The van der Waals surface area contributed by atoms with Gasteiger partial charge in [-0.05, 0) is 18.9 Å². The van der Waals surface area contributed by atoms with Crippen LogP contribution in [0.2, 0.25) is 0 Å². The lowest BCUT2D eigenvalue weighted by molar-refractivity contribution is 0.831. The Labute approximate surface area is 41.2 Å². The van der Waals surface area contributed by atoms with Crippen molar-refractivity contribution in [2.45, 2.75) is 13.0 Å². The molecule has 1 rings (SSSR count). The van der Waals surface area contributed by atoms with Crippen LogP contribution < -0.4 is 0 Å². The minimum atomic E-state index is 0.468. The number of nitrogens with zero attached hydrogens (tertiary/aromatic N) is 2. The molecule has 0 unspecified atom stereocenters. The van der Waals surface area contributed by atoms with Crippen molar-refractivity contribution in [2.24, 2.45) is 9.63 Å². The van der Waals surface area contributed by atoms with Crippen LogP contribution in [0.3, 0.4) is 0 Å².